The van der Waals surface area contributed by atoms with Crippen molar-refractivity contribution in [2.24, 2.45) is 16.6 Å². The molecular weight excluding hydrogens is 360 g/mol. The quantitative estimate of drug-likeness (QED) is 0.315. The molecule has 1 atom stereocenters. The van der Waals surface area contributed by atoms with Gasteiger partial charge < -0.3 is 11.1 Å². The number of rotatable bonds is 8. The van der Waals surface area contributed by atoms with Crippen molar-refractivity contribution in [3.8, 4) is 0 Å². The Balaban J connectivity index is 1.73. The molecule has 1 aromatic heterocycles. The Kier molecular flexibility index (Phi) is 6.55. The number of nitrogens with zero attached hydrogens (tertiary/aromatic N) is 2. The summed E-state index contributed by atoms with van der Waals surface area (Å²) < 4.78 is 0.977. The molecule has 2 aromatic rings. The maximum absolute atomic E-state index is 13.1. The van der Waals surface area contributed by atoms with E-state index in [2.05, 4.69) is 15.3 Å². The van der Waals surface area contributed by atoms with Crippen LogP contribution in [0.3, 0.4) is 0 Å². The highest BCUT2D eigenvalue weighted by Gasteiger charge is 2.29. The third-order valence-corrected chi connectivity index (χ3v) is 5.93. The lowest BCUT2D eigenvalue weighted by atomic mass is 10.0. The van der Waals surface area contributed by atoms with Gasteiger partial charge in [0, 0.05) is 12.5 Å². The molecule has 1 saturated carbocycles. The number of amidine groups is 1. The number of aromatic nitrogens is 1. The van der Waals surface area contributed by atoms with Gasteiger partial charge in [-0.1, -0.05) is 25.0 Å². The summed E-state index contributed by atoms with van der Waals surface area (Å²) in [5, 5.41) is 3.44. The number of hydrogen-bond donors (Lipinski definition) is 2. The Morgan fingerprint density at radius 1 is 1.33 bits per heavy atom. The van der Waals surface area contributed by atoms with Gasteiger partial charge in [0.1, 0.15) is 0 Å². The minimum absolute atomic E-state index is 0.00883. The molecule has 0 saturated heterocycles. The number of hydrogen-bond acceptors (Lipinski definition) is 5. The highest BCUT2D eigenvalue weighted by molar-refractivity contribution is 7.20. The Morgan fingerprint density at radius 3 is 2.78 bits per heavy atom. The van der Waals surface area contributed by atoms with E-state index in [1.165, 1.54) is 11.3 Å². The number of fused-ring (bicyclic) bond motifs is 1. The average Bonchev–Trinajstić information content (AvgIpc) is 3.32. The minimum Gasteiger partial charge on any atom is -0.388 e. The number of thiazole rings is 1. The van der Waals surface area contributed by atoms with Crippen LogP contribution in [0.1, 0.15) is 55.3 Å². The van der Waals surface area contributed by atoms with Crippen LogP contribution in [0, 0.1) is 5.92 Å². The number of nitrogens with one attached hydrogen (secondary N) is 1. The van der Waals surface area contributed by atoms with E-state index in [-0.39, 0.29) is 17.6 Å². The molecule has 1 heterocycles. The summed E-state index contributed by atoms with van der Waals surface area (Å²) in [5.74, 6) is 0.431. The SMILES string of the molecule is CC(N)=NCCC[C@H](NC(=O)C1CCCC1)C(=O)c1nc2ccccc2s1. The van der Waals surface area contributed by atoms with Gasteiger partial charge in [0.25, 0.3) is 0 Å². The third-order valence-electron chi connectivity index (χ3n) is 4.88. The molecule has 0 aliphatic heterocycles. The molecule has 0 spiro atoms. The lowest BCUT2D eigenvalue weighted by molar-refractivity contribution is -0.125. The van der Waals surface area contributed by atoms with Crippen LogP contribution in [-0.4, -0.2) is 35.1 Å². The molecule has 0 unspecified atom stereocenters. The van der Waals surface area contributed by atoms with Gasteiger partial charge in [0.2, 0.25) is 11.7 Å². The van der Waals surface area contributed by atoms with Crippen molar-refractivity contribution in [3.05, 3.63) is 29.3 Å². The van der Waals surface area contributed by atoms with Crippen LogP contribution in [0.2, 0.25) is 0 Å². The summed E-state index contributed by atoms with van der Waals surface area (Å²) in [6.07, 6.45) is 5.19. The number of benzene rings is 1. The zero-order valence-corrected chi connectivity index (χ0v) is 16.4. The first-order valence-corrected chi connectivity index (χ1v) is 10.3. The Hall–Kier alpha value is -2.28. The van der Waals surface area contributed by atoms with Crippen LogP contribution in [0.4, 0.5) is 0 Å². The zero-order valence-electron chi connectivity index (χ0n) is 15.6. The van der Waals surface area contributed by atoms with E-state index in [1.807, 2.05) is 24.3 Å². The summed E-state index contributed by atoms with van der Waals surface area (Å²) in [6, 6.07) is 7.12. The van der Waals surface area contributed by atoms with Gasteiger partial charge in [-0.2, -0.15) is 0 Å². The highest BCUT2D eigenvalue weighted by Crippen LogP contribution is 2.26. The van der Waals surface area contributed by atoms with Crippen LogP contribution < -0.4 is 11.1 Å². The van der Waals surface area contributed by atoms with Crippen molar-refractivity contribution in [3.63, 3.8) is 0 Å². The summed E-state index contributed by atoms with van der Waals surface area (Å²) in [4.78, 5) is 34.3. The fourth-order valence-electron chi connectivity index (χ4n) is 3.42. The van der Waals surface area contributed by atoms with Crippen LogP contribution in [0.25, 0.3) is 10.2 Å². The molecule has 27 heavy (non-hydrogen) atoms. The molecule has 0 bridgehead atoms. The Labute approximate surface area is 163 Å². The molecule has 1 aliphatic rings. The third kappa shape index (κ3) is 5.13. The topological polar surface area (TPSA) is 97.4 Å². The number of ketones is 1. The standard InChI is InChI=1S/C20H26N4O2S/c1-13(21)22-12-6-10-16(23-19(26)14-7-2-3-8-14)18(25)20-24-15-9-4-5-11-17(15)27-20/h4-5,9,11,14,16H,2-3,6-8,10,12H2,1H3,(H2,21,22)(H,23,26)/t16-/m0/s1. The summed E-state index contributed by atoms with van der Waals surface area (Å²) in [6.45, 7) is 2.29. The number of para-hydroxylation sites is 1. The number of nitrogens with two attached hydrogens (primary N) is 1. The molecule has 7 heteroatoms. The first-order chi connectivity index (χ1) is 13.0. The molecule has 3 N–H and O–H groups in total. The number of carbonyl (C=O) groups excluding carboxylic acids is 2. The molecule has 1 aromatic carbocycles. The van der Waals surface area contributed by atoms with Crippen molar-refractivity contribution >= 4 is 39.1 Å². The second-order valence-electron chi connectivity index (χ2n) is 7.06. The monoisotopic (exact) mass is 386 g/mol. The first kappa shape index (κ1) is 19.5. The molecule has 6 nitrogen and oxygen atoms in total. The van der Waals surface area contributed by atoms with Gasteiger partial charge in [-0.3, -0.25) is 14.6 Å². The largest absolute Gasteiger partial charge is 0.388 e. The van der Waals surface area contributed by atoms with Gasteiger partial charge in [-0.05, 0) is 44.7 Å². The average molecular weight is 387 g/mol. The molecule has 0 radical (unpaired) electrons. The lowest BCUT2D eigenvalue weighted by Crippen LogP contribution is -2.43. The maximum Gasteiger partial charge on any atom is 0.223 e. The molecule has 144 valence electrons. The van der Waals surface area contributed by atoms with Gasteiger partial charge in [-0.25, -0.2) is 4.98 Å². The fourth-order valence-corrected chi connectivity index (χ4v) is 4.38. The number of Topliss-reactive ketones (excluding diaryl/α,β-unsaturated/α-hetero) is 1. The van der Waals surface area contributed by atoms with E-state index in [0.717, 1.165) is 35.9 Å². The number of carbonyl (C=O) groups is 2. The number of aliphatic imine (C=N–C) groups is 1. The summed E-state index contributed by atoms with van der Waals surface area (Å²) >= 11 is 1.38. The van der Waals surface area contributed by atoms with Crippen LogP contribution >= 0.6 is 11.3 Å². The normalized spacial score (nSPS) is 16.6. The van der Waals surface area contributed by atoms with Gasteiger partial charge in [0.05, 0.1) is 22.1 Å². The van der Waals surface area contributed by atoms with Gasteiger partial charge in [0.15, 0.2) is 5.01 Å². The van der Waals surface area contributed by atoms with Crippen molar-refractivity contribution in [1.82, 2.24) is 10.3 Å². The Bertz CT molecular complexity index is 802. The van der Waals surface area contributed by atoms with E-state index in [4.69, 9.17) is 5.73 Å². The fraction of sp³-hybridized carbons (Fsp3) is 0.500. The van der Waals surface area contributed by atoms with Crippen molar-refractivity contribution in [2.75, 3.05) is 6.54 Å². The molecule has 1 amide bonds. The smallest absolute Gasteiger partial charge is 0.223 e. The second-order valence-corrected chi connectivity index (χ2v) is 8.09. The van der Waals surface area contributed by atoms with E-state index in [1.54, 1.807) is 6.92 Å². The van der Waals surface area contributed by atoms with E-state index in [0.29, 0.717) is 30.2 Å². The summed E-state index contributed by atoms with van der Waals surface area (Å²) in [5.41, 5.74) is 6.39. The molecule has 1 fully saturated rings. The Morgan fingerprint density at radius 2 is 2.07 bits per heavy atom. The second kappa shape index (κ2) is 9.08. The lowest BCUT2D eigenvalue weighted by Gasteiger charge is -2.19. The maximum atomic E-state index is 13.1. The van der Waals surface area contributed by atoms with E-state index >= 15 is 0 Å². The van der Waals surface area contributed by atoms with Crippen LogP contribution in [0.5, 0.6) is 0 Å². The zero-order chi connectivity index (χ0) is 19.2. The molecule has 1 aliphatic carbocycles. The predicted octanol–water partition coefficient (Wildman–Crippen LogP) is 3.31. The molecular formula is C20H26N4O2S. The molecule has 3 rings (SSSR count). The van der Waals surface area contributed by atoms with Gasteiger partial charge >= 0.3 is 0 Å². The minimum atomic E-state index is -0.563. The van der Waals surface area contributed by atoms with Crippen LogP contribution in [-0.2, 0) is 4.79 Å². The highest BCUT2D eigenvalue weighted by atomic mass is 32.1. The van der Waals surface area contributed by atoms with Crippen molar-refractivity contribution in [1.29, 1.82) is 0 Å². The van der Waals surface area contributed by atoms with Crippen LogP contribution in [0.15, 0.2) is 29.3 Å². The van der Waals surface area contributed by atoms with Crippen molar-refractivity contribution < 1.29 is 9.59 Å². The first-order valence-electron chi connectivity index (χ1n) is 9.51. The summed E-state index contributed by atoms with van der Waals surface area (Å²) in [7, 11) is 0. The van der Waals surface area contributed by atoms with Crippen molar-refractivity contribution in [2.45, 2.75) is 51.5 Å². The predicted molar refractivity (Wildman–Crippen MR) is 109 cm³/mol. The number of amides is 1. The van der Waals surface area contributed by atoms with E-state index < -0.39 is 6.04 Å². The van der Waals surface area contributed by atoms with E-state index in [9.17, 15) is 9.59 Å². The van der Waals surface area contributed by atoms with Gasteiger partial charge in [-0.15, -0.1) is 11.3 Å².